The molecule has 0 saturated carbocycles. The molecule has 6 aromatic carbocycles. The summed E-state index contributed by atoms with van der Waals surface area (Å²) in [6.07, 6.45) is 2.40. The zero-order valence-corrected chi connectivity index (χ0v) is 57.1. The number of alkyl carbamates (subject to hydrolysis) is 1. The Hall–Kier alpha value is -10.9. The van der Waals surface area contributed by atoms with Crippen LogP contribution < -0.4 is 33.7 Å². The molecular formula is C76H90N6O19. The van der Waals surface area contributed by atoms with Crippen molar-refractivity contribution in [3.63, 3.8) is 0 Å². The van der Waals surface area contributed by atoms with E-state index < -0.39 is 35.9 Å². The first-order valence-corrected chi connectivity index (χ1v) is 33.1. The number of amides is 8. The van der Waals surface area contributed by atoms with Crippen molar-refractivity contribution in [1.29, 1.82) is 0 Å². The number of hydrogen-bond acceptors (Lipinski definition) is 18. The summed E-state index contributed by atoms with van der Waals surface area (Å²) in [7, 11) is 9.40. The van der Waals surface area contributed by atoms with E-state index in [0.717, 1.165) is 34.2 Å². The van der Waals surface area contributed by atoms with Crippen molar-refractivity contribution >= 4 is 53.8 Å². The number of carboxylic acid groups (broad SMARTS) is 1. The Bertz CT molecular complexity index is 3660. The Kier molecular flexibility index (Phi) is 27.7. The van der Waals surface area contributed by atoms with Gasteiger partial charge in [-0.25, -0.2) is 24.2 Å². The van der Waals surface area contributed by atoms with Crippen molar-refractivity contribution in [2.45, 2.75) is 103 Å². The highest BCUT2D eigenvalue weighted by molar-refractivity contribution is 5.97. The average molecular weight is 1390 g/mol. The summed E-state index contributed by atoms with van der Waals surface area (Å²) in [4.78, 5) is 118. The van der Waals surface area contributed by atoms with Crippen LogP contribution in [0.15, 0.2) is 146 Å². The molecule has 0 aliphatic carbocycles. The van der Waals surface area contributed by atoms with E-state index in [9.17, 15) is 43.2 Å². The average Bonchev–Trinajstić information content (AvgIpc) is 1.00. The first-order chi connectivity index (χ1) is 48.4. The van der Waals surface area contributed by atoms with Gasteiger partial charge in [0.05, 0.1) is 78.5 Å². The van der Waals surface area contributed by atoms with Crippen molar-refractivity contribution in [2.24, 2.45) is 17.8 Å². The van der Waals surface area contributed by atoms with Gasteiger partial charge in [-0.3, -0.25) is 28.8 Å². The van der Waals surface area contributed by atoms with Crippen LogP contribution in [0.1, 0.15) is 79.3 Å². The molecule has 6 fully saturated rings. The number of cyclic esters (lactones) is 3. The molecule has 6 aliphatic rings. The summed E-state index contributed by atoms with van der Waals surface area (Å²) in [6.45, 7) is 2.54. The van der Waals surface area contributed by atoms with E-state index in [1.807, 2.05) is 121 Å². The van der Waals surface area contributed by atoms with Crippen molar-refractivity contribution in [1.82, 2.24) is 29.8 Å². The van der Waals surface area contributed by atoms with E-state index >= 15 is 0 Å². The van der Waals surface area contributed by atoms with E-state index in [0.29, 0.717) is 92.8 Å². The Morgan fingerprint density at radius 1 is 0.436 bits per heavy atom. The van der Waals surface area contributed by atoms with Crippen LogP contribution in [0.25, 0.3) is 0 Å². The lowest BCUT2D eigenvalue weighted by Gasteiger charge is -2.34. The van der Waals surface area contributed by atoms with Crippen molar-refractivity contribution in [2.75, 3.05) is 82.1 Å². The number of ether oxygens (including phenoxy) is 9. The zero-order valence-electron chi connectivity index (χ0n) is 57.1. The second kappa shape index (κ2) is 36.8. The quantitative estimate of drug-likeness (QED) is 0.0634. The number of benzene rings is 6. The van der Waals surface area contributed by atoms with Gasteiger partial charge >= 0.3 is 24.2 Å². The third-order valence-electron chi connectivity index (χ3n) is 18.2. The fraction of sp³-hybridized carbons (Fsp3) is 0.408. The lowest BCUT2D eigenvalue weighted by molar-refractivity contribution is -0.148. The van der Waals surface area contributed by atoms with Crippen LogP contribution in [-0.4, -0.2) is 184 Å². The van der Waals surface area contributed by atoms with Crippen LogP contribution in [0, 0.1) is 17.8 Å². The molecule has 25 heteroatoms. The summed E-state index contributed by atoms with van der Waals surface area (Å²) in [5.74, 6) is 0.931. The Morgan fingerprint density at radius 2 is 0.772 bits per heavy atom. The summed E-state index contributed by atoms with van der Waals surface area (Å²) in [5.41, 5.74) is 5.76. The van der Waals surface area contributed by atoms with Gasteiger partial charge in [-0.05, 0) is 91.6 Å². The number of carboxylic acids is 1. The predicted octanol–water partition coefficient (Wildman–Crippen LogP) is 9.57. The highest BCUT2D eigenvalue weighted by Gasteiger charge is 2.45. The van der Waals surface area contributed by atoms with Gasteiger partial charge in [0.25, 0.3) is 0 Å². The third-order valence-corrected chi connectivity index (χ3v) is 18.2. The van der Waals surface area contributed by atoms with E-state index in [2.05, 4.69) is 5.32 Å². The number of carbonyl (C=O) groups is 9. The van der Waals surface area contributed by atoms with Crippen molar-refractivity contribution in [3.05, 3.63) is 179 Å². The normalized spacial score (nSPS) is 20.0. The predicted molar refractivity (Wildman–Crippen MR) is 370 cm³/mol. The molecule has 0 radical (unpaired) electrons. The molecule has 0 spiro atoms. The summed E-state index contributed by atoms with van der Waals surface area (Å²) in [6, 6.07) is 45.1. The lowest BCUT2D eigenvalue weighted by Crippen LogP contribution is -2.49. The van der Waals surface area contributed by atoms with Gasteiger partial charge in [-0.2, -0.15) is 0 Å². The number of nitrogens with one attached hydrogen (secondary N) is 1. The molecule has 1 unspecified atom stereocenters. The maximum absolute atomic E-state index is 13.4. The molecule has 0 aromatic heterocycles. The number of aliphatic carboxylic acids is 1. The van der Waals surface area contributed by atoms with Crippen LogP contribution in [0.5, 0.6) is 34.5 Å². The molecule has 538 valence electrons. The molecule has 6 saturated heterocycles. The minimum atomic E-state index is -0.853. The standard InChI is InChI=1S/2C25H28N2O6.C15H19NO5.C10H11NO2.CH4/c2*1-31-21-10-8-18(22(13-21)32-2)14-26-15-19(9-11-23(26)28)24(29)27-20(16-33-25(27)30)12-17-6-4-3-5-7-17;1-20-12-5-3-10(13(7-12)21-2)8-16-9-11(15(18)19)4-6-14(16)17;12-10-11-9(7-13-10)6-8-4-2-1-3-5-8;/h2*3-8,10,13,19-20H,9,11-12,14-16H2,1-2H3;3,5,7,11H,4,6,8-9H2,1-2H3,(H,18,19);1-5,9H,6-7H2,(H,11,12);1H4/t19-,20+;19-,20-;;9-;/m01.1./s1. The van der Waals surface area contributed by atoms with E-state index in [-0.39, 0.29) is 113 Å². The van der Waals surface area contributed by atoms with Crippen LogP contribution in [0.3, 0.4) is 0 Å². The monoisotopic (exact) mass is 1390 g/mol. The molecular weight excluding hydrogens is 1300 g/mol. The van der Waals surface area contributed by atoms with Crippen LogP contribution in [-0.2, 0) is 81.9 Å². The van der Waals surface area contributed by atoms with E-state index in [1.165, 1.54) is 15.4 Å². The fourth-order valence-corrected chi connectivity index (χ4v) is 12.7. The first-order valence-electron chi connectivity index (χ1n) is 33.1. The number of methoxy groups -OCH3 is 6. The van der Waals surface area contributed by atoms with E-state index in [1.54, 1.807) is 81.6 Å². The number of carbonyl (C=O) groups excluding carboxylic acids is 8. The third kappa shape index (κ3) is 20.4. The molecule has 12 rings (SSSR count). The first kappa shape index (κ1) is 75.9. The number of likely N-dealkylation sites (tertiary alicyclic amines) is 3. The Morgan fingerprint density at radius 3 is 1.09 bits per heavy atom. The molecule has 8 amide bonds. The number of imide groups is 2. The molecule has 25 nitrogen and oxygen atoms in total. The minimum absolute atomic E-state index is 0. The van der Waals surface area contributed by atoms with Crippen molar-refractivity contribution < 1.29 is 90.9 Å². The molecule has 6 aromatic rings. The summed E-state index contributed by atoms with van der Waals surface area (Å²) in [5, 5.41) is 11.8. The number of hydrogen-bond donors (Lipinski definition) is 2. The van der Waals surface area contributed by atoms with Gasteiger partial charge < -0.3 is 67.8 Å². The number of nitrogens with zero attached hydrogens (tertiary/aromatic N) is 5. The maximum atomic E-state index is 13.4. The highest BCUT2D eigenvalue weighted by Crippen LogP contribution is 2.34. The van der Waals surface area contributed by atoms with Gasteiger partial charge in [0, 0.05) is 93.4 Å². The molecule has 6 aliphatic heterocycles. The topological polar surface area (TPSA) is 285 Å². The van der Waals surface area contributed by atoms with Crippen LogP contribution in [0.2, 0.25) is 0 Å². The SMILES string of the molecule is C.COc1ccc(CN2CC(C(=O)O)CCC2=O)c(OC)c1.COc1ccc(CN2C[C@@H](C(=O)N3C(=O)OC[C@H]3Cc3ccccc3)CCC2=O)c(OC)c1.COc1ccc(CN2C[C@H](C(=O)N3C(=O)OC[C@H]3Cc3ccccc3)CCC2=O)c(OC)c1.O=C1N[C@H](Cc2ccccc2)CO1. The van der Waals surface area contributed by atoms with Gasteiger partial charge in [0.1, 0.15) is 54.3 Å². The minimum Gasteiger partial charge on any atom is -0.497 e. The fourth-order valence-electron chi connectivity index (χ4n) is 12.7. The smallest absolute Gasteiger partial charge is 0.416 e. The summed E-state index contributed by atoms with van der Waals surface area (Å²) < 4.78 is 47.0. The Labute approximate surface area is 588 Å². The number of piperidine rings is 3. The Balaban J connectivity index is 0.000000179. The molecule has 2 N–H and O–H groups in total. The second-order valence-electron chi connectivity index (χ2n) is 24.8. The van der Waals surface area contributed by atoms with Gasteiger partial charge in [-0.15, -0.1) is 0 Å². The summed E-state index contributed by atoms with van der Waals surface area (Å²) >= 11 is 0. The van der Waals surface area contributed by atoms with Gasteiger partial charge in [-0.1, -0.05) is 98.4 Å². The van der Waals surface area contributed by atoms with Crippen molar-refractivity contribution in [3.8, 4) is 34.5 Å². The van der Waals surface area contributed by atoms with Gasteiger partial charge in [0.15, 0.2) is 0 Å². The van der Waals surface area contributed by atoms with E-state index in [4.69, 9.17) is 47.7 Å². The largest absolute Gasteiger partial charge is 0.497 e. The second-order valence-corrected chi connectivity index (χ2v) is 24.8. The van der Waals surface area contributed by atoms with Crippen LogP contribution in [0.4, 0.5) is 14.4 Å². The molecule has 101 heavy (non-hydrogen) atoms. The zero-order chi connectivity index (χ0) is 71.2. The maximum Gasteiger partial charge on any atom is 0.416 e. The molecule has 0 bridgehead atoms. The van der Waals surface area contributed by atoms with Crippen LogP contribution >= 0.6 is 0 Å². The molecule has 6 atom stereocenters. The molecule has 6 heterocycles. The number of rotatable bonds is 21. The van der Waals surface area contributed by atoms with Gasteiger partial charge in [0.2, 0.25) is 29.5 Å². The highest BCUT2D eigenvalue weighted by atomic mass is 16.6. The lowest BCUT2D eigenvalue weighted by atomic mass is 9.94.